The summed E-state index contributed by atoms with van der Waals surface area (Å²) in [6, 6.07) is 0. The summed E-state index contributed by atoms with van der Waals surface area (Å²) in [7, 11) is 2.82. The highest BCUT2D eigenvalue weighted by Gasteiger charge is 2.45. The normalized spacial score (nSPS) is 30.8. The van der Waals surface area contributed by atoms with Gasteiger partial charge in [0.15, 0.2) is 17.7 Å². The Bertz CT molecular complexity index is 684. The first kappa shape index (κ1) is 18.4. The predicted octanol–water partition coefficient (Wildman–Crippen LogP) is -0.193. The van der Waals surface area contributed by atoms with E-state index < -0.39 is 25.2 Å². The number of hydrogen-bond acceptors (Lipinski definition) is 10. The lowest BCUT2D eigenvalue weighted by molar-refractivity contribution is -0.0522. The van der Waals surface area contributed by atoms with E-state index in [1.807, 2.05) is 11.8 Å². The second-order valence-electron chi connectivity index (χ2n) is 5.49. The van der Waals surface area contributed by atoms with Crippen molar-refractivity contribution in [2.75, 3.05) is 20.9 Å². The number of aliphatic imine (C=N–C) groups is 1. The molecule has 3 aliphatic heterocycles. The first-order chi connectivity index (χ1) is 11.9. The molecule has 3 unspecified atom stereocenters. The zero-order valence-electron chi connectivity index (χ0n) is 14.1. The van der Waals surface area contributed by atoms with Crippen LogP contribution in [0.15, 0.2) is 28.0 Å². The molecule has 0 saturated carbocycles. The van der Waals surface area contributed by atoms with Crippen molar-refractivity contribution >= 4 is 24.9 Å². The smallest absolute Gasteiger partial charge is 0.377 e. The van der Waals surface area contributed by atoms with Crippen LogP contribution in [-0.2, 0) is 30.3 Å². The Morgan fingerprint density at radius 2 is 2.28 bits per heavy atom. The fourth-order valence-electron chi connectivity index (χ4n) is 2.87. The van der Waals surface area contributed by atoms with Gasteiger partial charge in [0, 0.05) is 18.9 Å². The number of nitrogens with two attached hydrogens (primary N) is 1. The van der Waals surface area contributed by atoms with Gasteiger partial charge in [-0.3, -0.25) is 4.99 Å². The van der Waals surface area contributed by atoms with Gasteiger partial charge < -0.3 is 44.7 Å². The largest absolute Gasteiger partial charge is 0.493 e. The van der Waals surface area contributed by atoms with Crippen LogP contribution < -0.4 is 16.4 Å². The number of ether oxygens (including phenoxy) is 2. The molecule has 0 fully saturated rings. The quantitative estimate of drug-likeness (QED) is 0.453. The highest BCUT2D eigenvalue weighted by molar-refractivity contribution is 8.07. The average Bonchev–Trinajstić information content (AvgIpc) is 3.16. The minimum absolute atomic E-state index is 0.352. The Morgan fingerprint density at radius 3 is 2.92 bits per heavy atom. The molecule has 4 atom stereocenters. The standard InChI is InChI=1S/C13H22N5O5PS/c1-4-7-9(23-24(19,25)21-3)10(20-2)13(22-7)18-6-17-8-11(14)15-5-16-12(8)18/h5,7,11,13,17H,4,6,14H2,1-3H3,(H,15,16)(H,19,25)/t7-,11?,13?,24?/m1/s1. The molecular formula is C13H22N5O5PS. The summed E-state index contributed by atoms with van der Waals surface area (Å²) < 4.78 is 22.1. The van der Waals surface area contributed by atoms with E-state index in [0.29, 0.717) is 24.6 Å². The summed E-state index contributed by atoms with van der Waals surface area (Å²) in [5.74, 6) is 1.54. The molecular weight excluding hydrogens is 369 g/mol. The second kappa shape index (κ2) is 7.10. The maximum absolute atomic E-state index is 10.0. The van der Waals surface area contributed by atoms with Gasteiger partial charge in [0.2, 0.25) is 0 Å². The fourth-order valence-corrected chi connectivity index (χ4v) is 3.64. The third kappa shape index (κ3) is 3.35. The number of hydrogen-bond donors (Lipinski definition) is 4. The average molecular weight is 391 g/mol. The fraction of sp³-hybridized carbons (Fsp3) is 0.615. The Balaban J connectivity index is 1.92. The molecule has 0 aromatic carbocycles. The van der Waals surface area contributed by atoms with Crippen molar-refractivity contribution < 1.29 is 23.4 Å². The summed E-state index contributed by atoms with van der Waals surface area (Å²) in [6.07, 6.45) is 0.705. The molecule has 0 amide bonds. The maximum atomic E-state index is 10.0. The monoisotopic (exact) mass is 391 g/mol. The van der Waals surface area contributed by atoms with Gasteiger partial charge in [-0.2, -0.15) is 0 Å². The summed E-state index contributed by atoms with van der Waals surface area (Å²) in [5, 5.41) is 6.28. The van der Waals surface area contributed by atoms with Crippen LogP contribution in [-0.4, -0.2) is 55.5 Å². The Kier molecular flexibility index (Phi) is 5.24. The van der Waals surface area contributed by atoms with Crippen molar-refractivity contribution in [3.05, 3.63) is 23.0 Å². The van der Waals surface area contributed by atoms with Crippen LogP contribution in [0.4, 0.5) is 0 Å². The Hall–Kier alpha value is -1.36. The molecule has 0 saturated heterocycles. The van der Waals surface area contributed by atoms with E-state index in [1.165, 1.54) is 14.2 Å². The van der Waals surface area contributed by atoms with E-state index in [2.05, 4.69) is 15.6 Å². The van der Waals surface area contributed by atoms with Crippen LogP contribution in [0.2, 0.25) is 0 Å². The first-order valence-corrected chi connectivity index (χ1v) is 10.3. The van der Waals surface area contributed by atoms with Crippen molar-refractivity contribution in [2.24, 2.45) is 10.7 Å². The molecule has 3 aliphatic rings. The molecule has 140 valence electrons. The minimum atomic E-state index is -3.41. The van der Waals surface area contributed by atoms with Crippen molar-refractivity contribution in [1.29, 1.82) is 0 Å². The van der Waals surface area contributed by atoms with E-state index >= 15 is 0 Å². The molecule has 0 spiro atoms. The zero-order valence-corrected chi connectivity index (χ0v) is 15.8. The van der Waals surface area contributed by atoms with Crippen LogP contribution in [0.25, 0.3) is 0 Å². The summed E-state index contributed by atoms with van der Waals surface area (Å²) in [5.41, 5.74) is 6.75. The molecule has 3 heterocycles. The van der Waals surface area contributed by atoms with E-state index in [-0.39, 0.29) is 0 Å². The van der Waals surface area contributed by atoms with Crippen LogP contribution in [0.5, 0.6) is 0 Å². The van der Waals surface area contributed by atoms with E-state index in [0.717, 1.165) is 11.5 Å². The summed E-state index contributed by atoms with van der Waals surface area (Å²) in [6.45, 7) is -1.02. The van der Waals surface area contributed by atoms with Gasteiger partial charge in [0.25, 0.3) is 0 Å². The number of nitrogens with zero attached hydrogens (tertiary/aromatic N) is 2. The molecule has 0 aliphatic carbocycles. The molecule has 0 aromatic rings. The van der Waals surface area contributed by atoms with Crippen molar-refractivity contribution in [1.82, 2.24) is 15.5 Å². The van der Waals surface area contributed by atoms with E-state index in [1.54, 1.807) is 6.34 Å². The topological polar surface area (TPSA) is 123 Å². The summed E-state index contributed by atoms with van der Waals surface area (Å²) >= 11 is 4.96. The molecule has 12 heteroatoms. The van der Waals surface area contributed by atoms with Gasteiger partial charge in [-0.05, 0) is 6.42 Å². The van der Waals surface area contributed by atoms with Gasteiger partial charge in [-0.25, -0.2) is 0 Å². The summed E-state index contributed by atoms with van der Waals surface area (Å²) in [4.78, 5) is 16.1. The Labute approximate surface area is 150 Å². The van der Waals surface area contributed by atoms with Crippen molar-refractivity contribution in [3.63, 3.8) is 0 Å². The molecule has 0 radical (unpaired) electrons. The molecule has 25 heavy (non-hydrogen) atoms. The van der Waals surface area contributed by atoms with Gasteiger partial charge >= 0.3 is 6.72 Å². The van der Waals surface area contributed by atoms with Crippen LogP contribution in [0.3, 0.4) is 0 Å². The molecule has 10 nitrogen and oxygen atoms in total. The molecule has 3 rings (SSSR count). The lowest BCUT2D eigenvalue weighted by atomic mass is 10.2. The van der Waals surface area contributed by atoms with Crippen LogP contribution in [0.1, 0.15) is 13.3 Å². The van der Waals surface area contributed by atoms with Gasteiger partial charge in [0.05, 0.1) is 25.8 Å². The van der Waals surface area contributed by atoms with E-state index in [4.69, 9.17) is 36.1 Å². The molecule has 0 aromatic heterocycles. The predicted molar refractivity (Wildman–Crippen MR) is 94.1 cm³/mol. The SMILES string of the molecule is CC[C@H]1OC(N2CNC3=C2NC=NC3N)C(OC)=C1OP(O)(=S)OC. The third-order valence-corrected chi connectivity index (χ3v) is 5.64. The van der Waals surface area contributed by atoms with Crippen LogP contribution in [0, 0.1) is 0 Å². The number of methoxy groups -OCH3 is 1. The zero-order chi connectivity index (χ0) is 18.2. The molecule has 0 bridgehead atoms. The van der Waals surface area contributed by atoms with Crippen LogP contribution >= 0.6 is 6.72 Å². The second-order valence-corrected chi connectivity index (χ2v) is 8.36. The highest BCUT2D eigenvalue weighted by atomic mass is 32.5. The number of rotatable bonds is 6. The van der Waals surface area contributed by atoms with Crippen molar-refractivity contribution in [3.8, 4) is 0 Å². The maximum Gasteiger partial charge on any atom is 0.377 e. The lowest BCUT2D eigenvalue weighted by Crippen LogP contribution is -2.41. The Morgan fingerprint density at radius 1 is 1.52 bits per heavy atom. The third-order valence-electron chi connectivity index (χ3n) is 4.09. The van der Waals surface area contributed by atoms with Crippen molar-refractivity contribution in [2.45, 2.75) is 31.8 Å². The lowest BCUT2D eigenvalue weighted by Gasteiger charge is -2.29. The number of nitrogens with one attached hydrogen (secondary N) is 2. The van der Waals surface area contributed by atoms with Gasteiger partial charge in [0.1, 0.15) is 18.1 Å². The van der Waals surface area contributed by atoms with Gasteiger partial charge in [-0.15, -0.1) is 0 Å². The first-order valence-electron chi connectivity index (χ1n) is 7.72. The highest BCUT2D eigenvalue weighted by Crippen LogP contribution is 2.49. The molecule has 5 N–H and O–H groups in total. The minimum Gasteiger partial charge on any atom is -0.493 e. The van der Waals surface area contributed by atoms with Gasteiger partial charge in [-0.1, -0.05) is 6.92 Å². The van der Waals surface area contributed by atoms with E-state index in [9.17, 15) is 4.89 Å².